The quantitative estimate of drug-likeness (QED) is 0.840. The number of hydrogen-bond donors (Lipinski definition) is 1. The summed E-state index contributed by atoms with van der Waals surface area (Å²) in [5, 5.41) is 0.0953. The molecule has 1 aromatic heterocycles. The maximum atomic E-state index is 12.0. The Kier molecular flexibility index (Phi) is 4.04. The SMILES string of the molecule is CN1CCC(CNS(=O)(=O)c2cn(C)cn2)CC1. The molecular weight excluding hydrogens is 252 g/mol. The number of piperidine rings is 1. The van der Waals surface area contributed by atoms with E-state index in [1.54, 1.807) is 11.6 Å². The van der Waals surface area contributed by atoms with Gasteiger partial charge in [0.1, 0.15) is 0 Å². The van der Waals surface area contributed by atoms with Crippen LogP contribution in [0, 0.1) is 5.92 Å². The second-order valence-electron chi connectivity index (χ2n) is 4.98. The van der Waals surface area contributed by atoms with Gasteiger partial charge in [0.15, 0.2) is 5.03 Å². The third-order valence-corrected chi connectivity index (χ3v) is 4.66. The van der Waals surface area contributed by atoms with Gasteiger partial charge in [-0.3, -0.25) is 0 Å². The summed E-state index contributed by atoms with van der Waals surface area (Å²) in [7, 11) is 0.397. The summed E-state index contributed by atoms with van der Waals surface area (Å²) in [4.78, 5) is 6.14. The van der Waals surface area contributed by atoms with E-state index >= 15 is 0 Å². The molecule has 0 aromatic carbocycles. The van der Waals surface area contributed by atoms with E-state index in [0.717, 1.165) is 25.9 Å². The van der Waals surface area contributed by atoms with Crippen molar-refractivity contribution in [1.82, 2.24) is 19.2 Å². The predicted molar refractivity (Wildman–Crippen MR) is 68.6 cm³/mol. The molecule has 2 rings (SSSR count). The standard InChI is InChI=1S/C11H20N4O2S/c1-14-5-3-10(4-6-14)7-13-18(16,17)11-8-15(2)9-12-11/h8-10,13H,3-7H2,1-2H3. The number of aryl methyl sites for hydroxylation is 1. The van der Waals surface area contributed by atoms with Crippen LogP contribution in [0.15, 0.2) is 17.6 Å². The number of nitrogens with zero attached hydrogens (tertiary/aromatic N) is 3. The first-order chi connectivity index (χ1) is 8.47. The van der Waals surface area contributed by atoms with Crippen molar-refractivity contribution >= 4 is 10.0 Å². The first-order valence-electron chi connectivity index (χ1n) is 6.13. The van der Waals surface area contributed by atoms with Crippen molar-refractivity contribution < 1.29 is 8.42 Å². The fourth-order valence-corrected chi connectivity index (χ4v) is 3.19. The zero-order valence-corrected chi connectivity index (χ0v) is 11.7. The maximum absolute atomic E-state index is 12.0. The van der Waals surface area contributed by atoms with E-state index in [4.69, 9.17) is 0 Å². The molecule has 0 radical (unpaired) electrons. The van der Waals surface area contributed by atoms with Crippen LogP contribution >= 0.6 is 0 Å². The molecule has 1 aromatic rings. The van der Waals surface area contributed by atoms with Crippen LogP contribution in [0.2, 0.25) is 0 Å². The Hall–Kier alpha value is -0.920. The van der Waals surface area contributed by atoms with Gasteiger partial charge in [0.05, 0.1) is 6.33 Å². The number of hydrogen-bond acceptors (Lipinski definition) is 4. The summed E-state index contributed by atoms with van der Waals surface area (Å²) in [5.74, 6) is 0.430. The molecule has 1 saturated heterocycles. The predicted octanol–water partition coefficient (Wildman–Crippen LogP) is 0.0402. The molecule has 18 heavy (non-hydrogen) atoms. The first-order valence-corrected chi connectivity index (χ1v) is 7.62. The van der Waals surface area contributed by atoms with Crippen molar-refractivity contribution in [3.8, 4) is 0 Å². The van der Waals surface area contributed by atoms with Crippen molar-refractivity contribution in [2.24, 2.45) is 13.0 Å². The van der Waals surface area contributed by atoms with Gasteiger partial charge in [-0.25, -0.2) is 18.1 Å². The van der Waals surface area contributed by atoms with Crippen LogP contribution in [-0.4, -0.2) is 49.6 Å². The van der Waals surface area contributed by atoms with Crippen molar-refractivity contribution in [1.29, 1.82) is 0 Å². The van der Waals surface area contributed by atoms with Crippen LogP contribution in [0.1, 0.15) is 12.8 Å². The molecule has 7 heteroatoms. The van der Waals surface area contributed by atoms with Gasteiger partial charge in [-0.1, -0.05) is 0 Å². The highest BCUT2D eigenvalue weighted by Gasteiger charge is 2.21. The lowest BCUT2D eigenvalue weighted by atomic mass is 9.98. The summed E-state index contributed by atoms with van der Waals surface area (Å²) >= 11 is 0. The molecule has 0 spiro atoms. The Bertz CT molecular complexity index is 489. The second-order valence-corrected chi connectivity index (χ2v) is 6.69. The van der Waals surface area contributed by atoms with E-state index in [1.165, 1.54) is 12.5 Å². The van der Waals surface area contributed by atoms with E-state index in [9.17, 15) is 8.42 Å². The lowest BCUT2D eigenvalue weighted by Crippen LogP contribution is -2.36. The molecule has 0 unspecified atom stereocenters. The molecule has 1 N–H and O–H groups in total. The Balaban J connectivity index is 1.90. The molecule has 0 saturated carbocycles. The number of nitrogens with one attached hydrogen (secondary N) is 1. The minimum atomic E-state index is -3.45. The van der Waals surface area contributed by atoms with Gasteiger partial charge in [-0.2, -0.15) is 0 Å². The number of aromatic nitrogens is 2. The number of likely N-dealkylation sites (tertiary alicyclic amines) is 1. The van der Waals surface area contributed by atoms with Gasteiger partial charge in [-0.15, -0.1) is 0 Å². The fourth-order valence-electron chi connectivity index (χ4n) is 2.10. The summed E-state index contributed by atoms with van der Waals surface area (Å²) in [5.41, 5.74) is 0. The fraction of sp³-hybridized carbons (Fsp3) is 0.727. The Morgan fingerprint density at radius 2 is 2.06 bits per heavy atom. The number of sulfonamides is 1. The highest BCUT2D eigenvalue weighted by Crippen LogP contribution is 2.15. The molecule has 1 aliphatic rings. The molecule has 0 bridgehead atoms. The molecule has 6 nitrogen and oxygen atoms in total. The maximum Gasteiger partial charge on any atom is 0.259 e. The van der Waals surface area contributed by atoms with Gasteiger partial charge in [0.2, 0.25) is 0 Å². The van der Waals surface area contributed by atoms with Crippen LogP contribution in [0.4, 0.5) is 0 Å². The minimum absolute atomic E-state index is 0.0953. The highest BCUT2D eigenvalue weighted by atomic mass is 32.2. The summed E-state index contributed by atoms with van der Waals surface area (Å²) in [6.07, 6.45) is 5.09. The molecule has 1 fully saturated rings. The number of imidazole rings is 1. The summed E-state index contributed by atoms with van der Waals surface area (Å²) in [6.45, 7) is 2.58. The zero-order valence-electron chi connectivity index (χ0n) is 10.8. The monoisotopic (exact) mass is 272 g/mol. The molecular formula is C11H20N4O2S. The average Bonchev–Trinajstić information content (AvgIpc) is 2.76. The van der Waals surface area contributed by atoms with Gasteiger partial charge in [0, 0.05) is 19.8 Å². The summed E-state index contributed by atoms with van der Waals surface area (Å²) < 4.78 is 28.2. The van der Waals surface area contributed by atoms with Crippen molar-refractivity contribution in [3.63, 3.8) is 0 Å². The number of rotatable bonds is 4. The van der Waals surface area contributed by atoms with Gasteiger partial charge < -0.3 is 9.47 Å². The topological polar surface area (TPSA) is 67.2 Å². The van der Waals surface area contributed by atoms with Crippen LogP contribution < -0.4 is 4.72 Å². The molecule has 102 valence electrons. The average molecular weight is 272 g/mol. The Morgan fingerprint density at radius 3 is 2.61 bits per heavy atom. The largest absolute Gasteiger partial charge is 0.339 e. The van der Waals surface area contributed by atoms with E-state index in [2.05, 4.69) is 21.7 Å². The van der Waals surface area contributed by atoms with Crippen LogP contribution in [0.3, 0.4) is 0 Å². The van der Waals surface area contributed by atoms with E-state index in [1.807, 2.05) is 0 Å². The molecule has 0 amide bonds. The third kappa shape index (κ3) is 3.30. The van der Waals surface area contributed by atoms with Crippen LogP contribution in [0.25, 0.3) is 0 Å². The van der Waals surface area contributed by atoms with Crippen molar-refractivity contribution in [3.05, 3.63) is 12.5 Å². The minimum Gasteiger partial charge on any atom is -0.339 e. The molecule has 1 aliphatic heterocycles. The summed E-state index contributed by atoms with van der Waals surface area (Å²) in [6, 6.07) is 0. The second kappa shape index (κ2) is 5.38. The normalized spacial score (nSPS) is 19.2. The first kappa shape index (κ1) is 13.5. The molecule has 0 atom stereocenters. The van der Waals surface area contributed by atoms with E-state index in [-0.39, 0.29) is 5.03 Å². The zero-order chi connectivity index (χ0) is 13.2. The highest BCUT2D eigenvalue weighted by molar-refractivity contribution is 7.89. The van der Waals surface area contributed by atoms with Gasteiger partial charge >= 0.3 is 0 Å². The van der Waals surface area contributed by atoms with Crippen molar-refractivity contribution in [2.45, 2.75) is 17.9 Å². The van der Waals surface area contributed by atoms with E-state index in [0.29, 0.717) is 12.5 Å². The Labute approximate surface area is 108 Å². The Morgan fingerprint density at radius 1 is 1.39 bits per heavy atom. The van der Waals surface area contributed by atoms with Gasteiger partial charge in [-0.05, 0) is 38.9 Å². The van der Waals surface area contributed by atoms with Gasteiger partial charge in [0.25, 0.3) is 10.0 Å². The lowest BCUT2D eigenvalue weighted by molar-refractivity contribution is 0.220. The van der Waals surface area contributed by atoms with Crippen molar-refractivity contribution in [2.75, 3.05) is 26.7 Å². The van der Waals surface area contributed by atoms with Crippen LogP contribution in [-0.2, 0) is 17.1 Å². The third-order valence-electron chi connectivity index (χ3n) is 3.36. The smallest absolute Gasteiger partial charge is 0.259 e. The van der Waals surface area contributed by atoms with Crippen LogP contribution in [0.5, 0.6) is 0 Å². The molecule has 0 aliphatic carbocycles. The lowest BCUT2D eigenvalue weighted by Gasteiger charge is -2.28. The molecule has 2 heterocycles. The van der Waals surface area contributed by atoms with E-state index < -0.39 is 10.0 Å².